The standard InChI is InChI=1S/H4O4.V/c1-2-4-3-1;/h1-4H;/q+4;. The Morgan fingerprint density at radius 2 is 0.800 bits per heavy atom. The monoisotopic (exact) mass is 119 g/mol. The molecule has 1 radical (unpaired) electrons. The van der Waals surface area contributed by atoms with Crippen molar-refractivity contribution < 1.29 is 38.7 Å². The van der Waals surface area contributed by atoms with Gasteiger partial charge < -0.3 is 0 Å². The molecule has 5 heteroatoms. The summed E-state index contributed by atoms with van der Waals surface area (Å²) in [7, 11) is 0. The summed E-state index contributed by atoms with van der Waals surface area (Å²) < 4.78 is 0. The van der Waals surface area contributed by atoms with E-state index in [2.05, 4.69) is 20.2 Å². The molecule has 0 unspecified atom stereocenters. The van der Waals surface area contributed by atoms with Crippen LogP contribution in [0, 0.1) is 0 Å². The minimum Gasteiger partial charge on any atom is 0 e. The first-order valence-corrected chi connectivity index (χ1v) is 0.800. The third-order valence-corrected chi connectivity index (χ3v) is 0.160. The van der Waals surface area contributed by atoms with Gasteiger partial charge in [-0.05, 0) is 0 Å². The second kappa shape index (κ2) is 2.65. The molecule has 1 rings (SSSR count). The van der Waals surface area contributed by atoms with E-state index in [1.165, 1.54) is 0 Å². The van der Waals surface area contributed by atoms with Crippen LogP contribution in [0.3, 0.4) is 0 Å². The molecule has 0 bridgehead atoms. The zero-order chi connectivity index (χ0) is 2.83. The van der Waals surface area contributed by atoms with Crippen molar-refractivity contribution in [1.29, 1.82) is 0 Å². The van der Waals surface area contributed by atoms with Crippen LogP contribution >= 0.6 is 0 Å². The third-order valence-electron chi connectivity index (χ3n) is 0.160. The smallest absolute Gasteiger partial charge is 0 e. The van der Waals surface area contributed by atoms with Crippen molar-refractivity contribution >= 4 is 0 Å². The molecule has 0 aromatic rings. The first-order valence-electron chi connectivity index (χ1n) is 0.800. The van der Waals surface area contributed by atoms with Crippen LogP contribution in [0.15, 0.2) is 0 Å². The number of rotatable bonds is 0. The van der Waals surface area contributed by atoms with Crippen LogP contribution in [0.1, 0.15) is 0 Å². The zero-order valence-electron chi connectivity index (χ0n) is 2.24. The molecule has 0 aromatic heterocycles. The molecule has 29 valence electrons. The molecule has 1 aliphatic heterocycles. The number of hydrogen-bond acceptors (Lipinski definition) is 0. The van der Waals surface area contributed by atoms with Crippen molar-refractivity contribution in [3.63, 3.8) is 0 Å². The maximum atomic E-state index is 3.00. The molecule has 0 spiro atoms. The van der Waals surface area contributed by atoms with Gasteiger partial charge in [-0.25, -0.2) is 0 Å². The van der Waals surface area contributed by atoms with Gasteiger partial charge in [0.2, 0.25) is 0 Å². The largest absolute Gasteiger partial charge is 0.252 e. The molecule has 5 heavy (non-hydrogen) atoms. The summed E-state index contributed by atoms with van der Waals surface area (Å²) in [5, 5.41) is 12.0. The fourth-order valence-corrected chi connectivity index (χ4v) is 0.0400. The summed E-state index contributed by atoms with van der Waals surface area (Å²) >= 11 is 0. The quantitative estimate of drug-likeness (QED) is 0.319. The molecule has 1 saturated heterocycles. The van der Waals surface area contributed by atoms with Crippen molar-refractivity contribution in [2.75, 3.05) is 0 Å². The fourth-order valence-electron chi connectivity index (χ4n) is 0.0400. The van der Waals surface area contributed by atoms with Gasteiger partial charge in [0, 0.05) is 18.6 Å². The van der Waals surface area contributed by atoms with Gasteiger partial charge in [-0.2, -0.15) is 0 Å². The van der Waals surface area contributed by atoms with Crippen molar-refractivity contribution in [2.45, 2.75) is 0 Å². The molecule has 4 nitrogen and oxygen atoms in total. The van der Waals surface area contributed by atoms with Crippen LogP contribution in [-0.4, -0.2) is 20.2 Å². The minimum absolute atomic E-state index is 0. The average Bonchev–Trinajstić information content (AvgIpc) is 0.722. The van der Waals surface area contributed by atoms with Gasteiger partial charge in [-0.1, -0.05) is 0 Å². The molecule has 0 aromatic carbocycles. The Balaban J connectivity index is 0.000000160. The van der Waals surface area contributed by atoms with Gasteiger partial charge in [0.15, 0.2) is 0 Å². The molecule has 0 atom stereocenters. The summed E-state index contributed by atoms with van der Waals surface area (Å²) in [4.78, 5) is 0. The van der Waals surface area contributed by atoms with Gasteiger partial charge in [-0.3, -0.25) is 0 Å². The van der Waals surface area contributed by atoms with E-state index in [1.807, 2.05) is 0 Å². The van der Waals surface area contributed by atoms with E-state index in [1.54, 1.807) is 0 Å². The van der Waals surface area contributed by atoms with Crippen LogP contribution in [0.2, 0.25) is 0 Å². The van der Waals surface area contributed by atoms with E-state index in [4.69, 9.17) is 0 Å². The van der Waals surface area contributed by atoms with Crippen molar-refractivity contribution in [3.8, 4) is 0 Å². The van der Waals surface area contributed by atoms with Crippen LogP contribution < -0.4 is 0 Å². The van der Waals surface area contributed by atoms with Crippen molar-refractivity contribution in [3.05, 3.63) is 0 Å². The first kappa shape index (κ1) is 5.42. The SMILES string of the molecule is [OH+]1[OH+][OH+][OH+]1.[V]. The Bertz CT molecular complexity index is 11.6. The summed E-state index contributed by atoms with van der Waals surface area (Å²) in [6.45, 7) is 0. The van der Waals surface area contributed by atoms with Crippen LogP contribution in [0.25, 0.3) is 0 Å². The Labute approximate surface area is 39.5 Å². The molecule has 1 heterocycles. The van der Waals surface area contributed by atoms with Gasteiger partial charge >= 0.3 is 0 Å². The summed E-state index contributed by atoms with van der Waals surface area (Å²) in [5.41, 5.74) is 0. The Morgan fingerprint density at radius 3 is 0.800 bits per heavy atom. The summed E-state index contributed by atoms with van der Waals surface area (Å²) in [6, 6.07) is 0. The van der Waals surface area contributed by atoms with Gasteiger partial charge in [0.25, 0.3) is 20.2 Å². The van der Waals surface area contributed by atoms with E-state index < -0.39 is 0 Å². The minimum atomic E-state index is 0. The predicted octanol–water partition coefficient (Wildman–Crippen LogP) is 0.0323. The Kier molecular flexibility index (Phi) is 2.88. The normalized spacial score (nSPS) is 19.2. The molecule has 0 aliphatic carbocycles. The molecule has 0 amide bonds. The van der Waals surface area contributed by atoms with Gasteiger partial charge in [-0.15, -0.1) is 0 Å². The molecule has 1 aliphatic rings. The summed E-state index contributed by atoms with van der Waals surface area (Å²) in [6.07, 6.45) is 0. The Hall–Kier alpha value is 0.424. The molecular formula is H4O4V+4. The second-order valence-corrected chi connectivity index (χ2v) is 0.358. The zero-order valence-corrected chi connectivity index (χ0v) is 3.63. The van der Waals surface area contributed by atoms with Crippen molar-refractivity contribution in [2.24, 2.45) is 0 Å². The molecule has 0 saturated carbocycles. The maximum Gasteiger partial charge on any atom is 0.252 e. The fraction of sp³-hybridized carbons (Fsp3) is 0. The third kappa shape index (κ3) is 1.33. The van der Waals surface area contributed by atoms with E-state index >= 15 is 0 Å². The van der Waals surface area contributed by atoms with E-state index in [0.717, 1.165) is 0 Å². The molecular weight excluding hydrogens is 115 g/mol. The van der Waals surface area contributed by atoms with Crippen molar-refractivity contribution in [1.82, 2.24) is 0 Å². The summed E-state index contributed by atoms with van der Waals surface area (Å²) in [5.74, 6) is 0. The maximum absolute atomic E-state index is 3.00. The van der Waals surface area contributed by atoms with Crippen LogP contribution in [0.4, 0.5) is 0 Å². The number of hydrogen-bond donors (Lipinski definition) is 0. The molecule has 1 fully saturated rings. The average molecular weight is 119 g/mol. The van der Waals surface area contributed by atoms with Crippen LogP contribution in [0.5, 0.6) is 0 Å². The Morgan fingerprint density at radius 1 is 0.600 bits per heavy atom. The molecule has 4 N–H and O–H groups in total. The van der Waals surface area contributed by atoms with Crippen LogP contribution in [-0.2, 0) is 18.6 Å². The van der Waals surface area contributed by atoms with E-state index in [9.17, 15) is 0 Å². The van der Waals surface area contributed by atoms with E-state index in [-0.39, 0.29) is 18.6 Å². The van der Waals surface area contributed by atoms with E-state index in [0.29, 0.717) is 0 Å². The van der Waals surface area contributed by atoms with Gasteiger partial charge in [0.1, 0.15) is 0 Å². The van der Waals surface area contributed by atoms with Gasteiger partial charge in [0.05, 0.1) is 0 Å². The first-order chi connectivity index (χ1) is 2.00. The topological polar surface area (TPSA) is 51.2 Å². The second-order valence-electron chi connectivity index (χ2n) is 0.358. The predicted molar refractivity (Wildman–Crippen MR) is 10.5 cm³/mol.